The first-order chi connectivity index (χ1) is 15.1. The van der Waals surface area contributed by atoms with Crippen molar-refractivity contribution in [1.29, 1.82) is 0 Å². The van der Waals surface area contributed by atoms with Crippen LogP contribution in [0, 0.1) is 0 Å². The molecule has 31 heavy (non-hydrogen) atoms. The number of phenols is 1. The van der Waals surface area contributed by atoms with Gasteiger partial charge in [-0.1, -0.05) is 64.5 Å². The van der Waals surface area contributed by atoms with Gasteiger partial charge in [-0.3, -0.25) is 4.79 Å². The third kappa shape index (κ3) is 5.25. The molecule has 1 amide bonds. The number of carbonyl (C=O) groups excluding carboxylic acids is 1. The van der Waals surface area contributed by atoms with Crippen molar-refractivity contribution in [1.82, 2.24) is 9.88 Å². The van der Waals surface area contributed by atoms with Crippen molar-refractivity contribution in [2.75, 3.05) is 6.54 Å². The summed E-state index contributed by atoms with van der Waals surface area (Å²) in [6, 6.07) is 23.3. The molecule has 0 bridgehead atoms. The largest absolute Gasteiger partial charge is 0.508 e. The number of carbonyl (C=O) groups is 1. The normalized spacial score (nSPS) is 11.3. The maximum atomic E-state index is 12.2. The van der Waals surface area contributed by atoms with Gasteiger partial charge in [0.1, 0.15) is 5.75 Å². The number of nitrogens with zero attached hydrogens (tertiary/aromatic N) is 1. The van der Waals surface area contributed by atoms with Crippen molar-refractivity contribution in [3.05, 3.63) is 106 Å². The number of aromatic nitrogens is 1. The summed E-state index contributed by atoms with van der Waals surface area (Å²) in [4.78, 5) is 12.2. The van der Waals surface area contributed by atoms with Gasteiger partial charge in [0.15, 0.2) is 0 Å². The average Bonchev–Trinajstić information content (AvgIpc) is 3.12. The van der Waals surface area contributed by atoms with E-state index in [1.807, 2.05) is 18.2 Å². The number of rotatable bonds is 7. The highest BCUT2D eigenvalue weighted by molar-refractivity contribution is 9.10. The van der Waals surface area contributed by atoms with E-state index in [0.29, 0.717) is 6.54 Å². The quantitative estimate of drug-likeness (QED) is 0.346. The molecule has 2 N–H and O–H groups in total. The Morgan fingerprint density at radius 3 is 2.52 bits per heavy atom. The van der Waals surface area contributed by atoms with Crippen LogP contribution in [-0.2, 0) is 17.8 Å². The minimum absolute atomic E-state index is 0.134. The average molecular weight is 475 g/mol. The van der Waals surface area contributed by atoms with Gasteiger partial charge in [0.2, 0.25) is 5.91 Å². The first-order valence-electron chi connectivity index (χ1n) is 10.2. The number of para-hydroxylation sites is 1. The summed E-state index contributed by atoms with van der Waals surface area (Å²) in [6.07, 6.45) is 6.19. The van der Waals surface area contributed by atoms with Crippen molar-refractivity contribution in [3.8, 4) is 5.75 Å². The molecule has 0 unspecified atom stereocenters. The number of amides is 1. The summed E-state index contributed by atoms with van der Waals surface area (Å²) < 4.78 is 3.36. The summed E-state index contributed by atoms with van der Waals surface area (Å²) in [5.41, 5.74) is 4.49. The van der Waals surface area contributed by atoms with E-state index in [1.165, 1.54) is 28.1 Å². The number of benzene rings is 3. The number of phenolic OH excluding ortho intramolecular Hbond substituents is 1. The predicted molar refractivity (Wildman–Crippen MR) is 129 cm³/mol. The fraction of sp³-hybridized carbons (Fsp3) is 0.115. The van der Waals surface area contributed by atoms with E-state index in [0.717, 1.165) is 23.0 Å². The molecular formula is C26H23BrN2O2. The standard InChI is InChI=1S/C26H23BrN2O2/c27-24-7-3-1-5-21(24)18-29-17-20(23-6-2-4-8-25(23)29)15-16-28-26(31)14-11-19-9-12-22(30)13-10-19/h1-14,17,30H,15-16,18H2,(H,28,31)/b14-11+. The fourth-order valence-corrected chi connectivity index (χ4v) is 4.01. The van der Waals surface area contributed by atoms with E-state index in [2.05, 4.69) is 62.3 Å². The Morgan fingerprint density at radius 1 is 0.968 bits per heavy atom. The van der Waals surface area contributed by atoms with Crippen LogP contribution in [0.15, 0.2) is 89.5 Å². The lowest BCUT2D eigenvalue weighted by Crippen LogP contribution is -2.23. The molecule has 4 nitrogen and oxygen atoms in total. The van der Waals surface area contributed by atoms with E-state index in [4.69, 9.17) is 0 Å². The van der Waals surface area contributed by atoms with Crippen LogP contribution in [0.25, 0.3) is 17.0 Å². The van der Waals surface area contributed by atoms with Crippen LogP contribution < -0.4 is 5.32 Å². The molecule has 4 rings (SSSR count). The number of hydrogen-bond acceptors (Lipinski definition) is 2. The third-order valence-electron chi connectivity index (χ3n) is 5.18. The van der Waals surface area contributed by atoms with E-state index >= 15 is 0 Å². The SMILES string of the molecule is O=C(/C=C/c1ccc(O)cc1)NCCc1cn(Cc2ccccc2Br)c2ccccc12. The molecule has 4 aromatic rings. The summed E-state index contributed by atoms with van der Waals surface area (Å²) in [6.45, 7) is 1.34. The molecule has 3 aromatic carbocycles. The highest BCUT2D eigenvalue weighted by Crippen LogP contribution is 2.25. The van der Waals surface area contributed by atoms with Crippen LogP contribution in [-0.4, -0.2) is 22.1 Å². The lowest BCUT2D eigenvalue weighted by molar-refractivity contribution is -0.116. The molecule has 0 spiro atoms. The van der Waals surface area contributed by atoms with Crippen LogP contribution in [0.4, 0.5) is 0 Å². The van der Waals surface area contributed by atoms with Gasteiger partial charge in [-0.2, -0.15) is 0 Å². The van der Waals surface area contributed by atoms with Crippen LogP contribution >= 0.6 is 15.9 Å². The molecule has 156 valence electrons. The Kier molecular flexibility index (Phi) is 6.53. The van der Waals surface area contributed by atoms with Gasteiger partial charge in [-0.05, 0) is 53.5 Å². The molecule has 0 saturated heterocycles. The highest BCUT2D eigenvalue weighted by atomic mass is 79.9. The topological polar surface area (TPSA) is 54.3 Å². The number of halogens is 1. The zero-order valence-electron chi connectivity index (χ0n) is 17.0. The Morgan fingerprint density at radius 2 is 1.71 bits per heavy atom. The lowest BCUT2D eigenvalue weighted by atomic mass is 10.1. The van der Waals surface area contributed by atoms with Gasteiger partial charge in [0, 0.05) is 40.7 Å². The maximum absolute atomic E-state index is 12.2. The smallest absolute Gasteiger partial charge is 0.244 e. The molecule has 0 atom stereocenters. The minimum atomic E-state index is -0.134. The Labute approximate surface area is 190 Å². The Hall–Kier alpha value is -3.31. The maximum Gasteiger partial charge on any atom is 0.244 e. The van der Waals surface area contributed by atoms with E-state index in [9.17, 15) is 9.90 Å². The summed E-state index contributed by atoms with van der Waals surface area (Å²) in [5, 5.41) is 13.5. The van der Waals surface area contributed by atoms with Crippen molar-refractivity contribution in [3.63, 3.8) is 0 Å². The van der Waals surface area contributed by atoms with Crippen LogP contribution in [0.3, 0.4) is 0 Å². The van der Waals surface area contributed by atoms with Gasteiger partial charge in [0.05, 0.1) is 0 Å². The minimum Gasteiger partial charge on any atom is -0.508 e. The zero-order valence-corrected chi connectivity index (χ0v) is 18.5. The first-order valence-corrected chi connectivity index (χ1v) is 10.9. The van der Waals surface area contributed by atoms with Crippen molar-refractivity contribution < 1.29 is 9.90 Å². The van der Waals surface area contributed by atoms with Gasteiger partial charge in [-0.15, -0.1) is 0 Å². The summed E-state index contributed by atoms with van der Waals surface area (Å²) >= 11 is 3.64. The lowest BCUT2D eigenvalue weighted by Gasteiger charge is -2.07. The van der Waals surface area contributed by atoms with Crippen molar-refractivity contribution >= 4 is 38.8 Å². The fourth-order valence-electron chi connectivity index (χ4n) is 3.60. The highest BCUT2D eigenvalue weighted by Gasteiger charge is 2.10. The molecule has 0 aliphatic rings. The Bertz CT molecular complexity index is 1230. The van der Waals surface area contributed by atoms with E-state index in [-0.39, 0.29) is 11.7 Å². The van der Waals surface area contributed by atoms with Gasteiger partial charge in [0.25, 0.3) is 0 Å². The number of nitrogens with one attached hydrogen (secondary N) is 1. The Balaban J connectivity index is 1.42. The third-order valence-corrected chi connectivity index (χ3v) is 5.96. The summed E-state index contributed by atoms with van der Waals surface area (Å²) in [7, 11) is 0. The monoisotopic (exact) mass is 474 g/mol. The molecule has 0 fully saturated rings. The number of fused-ring (bicyclic) bond motifs is 1. The molecule has 0 radical (unpaired) electrons. The van der Waals surface area contributed by atoms with Gasteiger partial charge >= 0.3 is 0 Å². The molecule has 1 heterocycles. The van der Waals surface area contributed by atoms with Crippen LogP contribution in [0.1, 0.15) is 16.7 Å². The molecule has 0 aliphatic heterocycles. The second kappa shape index (κ2) is 9.67. The molecule has 0 saturated carbocycles. The molecular weight excluding hydrogens is 452 g/mol. The first kappa shape index (κ1) is 20.9. The second-order valence-electron chi connectivity index (χ2n) is 7.36. The number of aromatic hydroxyl groups is 1. The second-order valence-corrected chi connectivity index (χ2v) is 8.21. The van der Waals surface area contributed by atoms with Gasteiger partial charge in [-0.25, -0.2) is 0 Å². The molecule has 0 aliphatic carbocycles. The molecule has 5 heteroatoms. The van der Waals surface area contributed by atoms with E-state index in [1.54, 1.807) is 30.3 Å². The summed E-state index contributed by atoms with van der Waals surface area (Å²) in [5.74, 6) is 0.0745. The van der Waals surface area contributed by atoms with Crippen LogP contribution in [0.5, 0.6) is 5.75 Å². The van der Waals surface area contributed by atoms with Crippen molar-refractivity contribution in [2.24, 2.45) is 0 Å². The predicted octanol–water partition coefficient (Wildman–Crippen LogP) is 5.53. The van der Waals surface area contributed by atoms with Crippen LogP contribution in [0.2, 0.25) is 0 Å². The van der Waals surface area contributed by atoms with Crippen molar-refractivity contribution in [2.45, 2.75) is 13.0 Å². The van der Waals surface area contributed by atoms with Gasteiger partial charge < -0.3 is 15.0 Å². The van der Waals surface area contributed by atoms with E-state index < -0.39 is 0 Å². The number of hydrogen-bond donors (Lipinski definition) is 2. The zero-order chi connectivity index (χ0) is 21.6. The molecule has 1 aromatic heterocycles.